The van der Waals surface area contributed by atoms with E-state index < -0.39 is 10.0 Å². The molecule has 0 saturated carbocycles. The molecule has 1 heterocycles. The number of aromatic nitrogens is 3. The number of nitrogens with one attached hydrogen (secondary N) is 1. The van der Waals surface area contributed by atoms with Gasteiger partial charge >= 0.3 is 0 Å². The molecule has 0 fully saturated rings. The Morgan fingerprint density at radius 2 is 1.90 bits per heavy atom. The summed E-state index contributed by atoms with van der Waals surface area (Å²) in [5.74, 6) is 0.303. The summed E-state index contributed by atoms with van der Waals surface area (Å²) in [5, 5.41) is 12.9. The van der Waals surface area contributed by atoms with Crippen molar-refractivity contribution >= 4 is 10.0 Å². The molecule has 20 heavy (non-hydrogen) atoms. The van der Waals surface area contributed by atoms with Gasteiger partial charge in [-0.05, 0) is 11.1 Å². The zero-order valence-electron chi connectivity index (χ0n) is 11.0. The second-order valence-electron chi connectivity index (χ2n) is 4.39. The van der Waals surface area contributed by atoms with Crippen LogP contribution in [-0.2, 0) is 36.0 Å². The third kappa shape index (κ3) is 4.12. The Hall–Kier alpha value is -1.77. The SMILES string of the molecule is Cn1cnc(CNS(=O)(=O)Cc2ccc(CO)cc2)n1. The van der Waals surface area contributed by atoms with Gasteiger partial charge in [0.05, 0.1) is 18.9 Å². The molecule has 2 N–H and O–H groups in total. The van der Waals surface area contributed by atoms with E-state index in [-0.39, 0.29) is 18.9 Å². The lowest BCUT2D eigenvalue weighted by molar-refractivity contribution is 0.282. The molecule has 108 valence electrons. The van der Waals surface area contributed by atoms with E-state index in [9.17, 15) is 8.42 Å². The highest BCUT2D eigenvalue weighted by molar-refractivity contribution is 7.88. The van der Waals surface area contributed by atoms with Gasteiger partial charge < -0.3 is 5.11 Å². The minimum absolute atomic E-state index is 0.0589. The fourth-order valence-electron chi connectivity index (χ4n) is 1.65. The Morgan fingerprint density at radius 1 is 1.25 bits per heavy atom. The minimum atomic E-state index is -3.44. The van der Waals surface area contributed by atoms with E-state index in [0.29, 0.717) is 11.4 Å². The van der Waals surface area contributed by atoms with Gasteiger partial charge in [-0.25, -0.2) is 18.1 Å². The van der Waals surface area contributed by atoms with E-state index in [0.717, 1.165) is 5.56 Å². The number of aryl methyl sites for hydroxylation is 1. The zero-order valence-corrected chi connectivity index (χ0v) is 11.8. The summed E-state index contributed by atoms with van der Waals surface area (Å²) in [6.07, 6.45) is 1.51. The molecule has 8 heteroatoms. The van der Waals surface area contributed by atoms with Crippen molar-refractivity contribution in [2.24, 2.45) is 7.05 Å². The van der Waals surface area contributed by atoms with Gasteiger partial charge in [0.1, 0.15) is 6.33 Å². The van der Waals surface area contributed by atoms with Crippen molar-refractivity contribution in [2.45, 2.75) is 18.9 Å². The number of aliphatic hydroxyl groups excluding tert-OH is 1. The molecule has 0 amide bonds. The third-order valence-electron chi connectivity index (χ3n) is 2.66. The molecule has 1 aromatic carbocycles. The predicted molar refractivity (Wildman–Crippen MR) is 72.8 cm³/mol. The topological polar surface area (TPSA) is 97.1 Å². The quantitative estimate of drug-likeness (QED) is 0.777. The van der Waals surface area contributed by atoms with Gasteiger partial charge in [0.25, 0.3) is 0 Å². The Morgan fingerprint density at radius 3 is 2.45 bits per heavy atom. The van der Waals surface area contributed by atoms with Gasteiger partial charge in [0.15, 0.2) is 5.82 Å². The summed E-state index contributed by atoms with van der Waals surface area (Å²) in [4.78, 5) is 3.95. The Kier molecular flexibility index (Phi) is 4.48. The summed E-state index contributed by atoms with van der Waals surface area (Å²) in [7, 11) is -1.73. The molecular formula is C12H16N4O3S. The van der Waals surface area contributed by atoms with Gasteiger partial charge in [-0.15, -0.1) is 0 Å². The van der Waals surface area contributed by atoms with Crippen LogP contribution < -0.4 is 4.72 Å². The highest BCUT2D eigenvalue weighted by atomic mass is 32.2. The molecule has 0 aliphatic carbocycles. The standard InChI is InChI=1S/C12H16N4O3S/c1-16-9-13-12(15-16)6-14-20(18,19)8-11-4-2-10(7-17)3-5-11/h2-5,9,14,17H,6-8H2,1H3. The van der Waals surface area contributed by atoms with Gasteiger partial charge in [-0.2, -0.15) is 5.10 Å². The Bertz CT molecular complexity index is 664. The average Bonchev–Trinajstić information content (AvgIpc) is 2.83. The second-order valence-corrected chi connectivity index (χ2v) is 6.20. The fraction of sp³-hybridized carbons (Fsp3) is 0.333. The molecule has 1 aromatic heterocycles. The van der Waals surface area contributed by atoms with Crippen molar-refractivity contribution in [3.63, 3.8) is 0 Å². The van der Waals surface area contributed by atoms with Crippen molar-refractivity contribution in [3.05, 3.63) is 47.5 Å². The summed E-state index contributed by atoms with van der Waals surface area (Å²) < 4.78 is 27.8. The number of hydrogen-bond acceptors (Lipinski definition) is 5. The first-order valence-corrected chi connectivity index (χ1v) is 7.64. The number of nitrogens with zero attached hydrogens (tertiary/aromatic N) is 3. The number of hydrogen-bond donors (Lipinski definition) is 2. The van der Waals surface area contributed by atoms with Crippen LogP contribution in [-0.4, -0.2) is 28.3 Å². The minimum Gasteiger partial charge on any atom is -0.392 e. The molecule has 7 nitrogen and oxygen atoms in total. The van der Waals surface area contributed by atoms with Crippen LogP contribution in [0, 0.1) is 0 Å². The molecule has 0 unspecified atom stereocenters. The van der Waals surface area contributed by atoms with E-state index >= 15 is 0 Å². The first-order chi connectivity index (χ1) is 9.48. The molecule has 0 aliphatic rings. The van der Waals surface area contributed by atoms with Crippen molar-refractivity contribution in [1.29, 1.82) is 0 Å². The van der Waals surface area contributed by atoms with Crippen LogP contribution in [0.3, 0.4) is 0 Å². The summed E-state index contributed by atoms with van der Waals surface area (Å²) in [6, 6.07) is 6.77. The molecule has 0 bridgehead atoms. The molecule has 0 atom stereocenters. The van der Waals surface area contributed by atoms with Gasteiger partial charge in [0.2, 0.25) is 10.0 Å². The smallest absolute Gasteiger partial charge is 0.216 e. The molecule has 2 rings (SSSR count). The lowest BCUT2D eigenvalue weighted by Gasteiger charge is -2.05. The maximum absolute atomic E-state index is 11.9. The van der Waals surface area contributed by atoms with Crippen LogP contribution in [0.15, 0.2) is 30.6 Å². The normalized spacial score (nSPS) is 11.7. The van der Waals surface area contributed by atoms with E-state index in [4.69, 9.17) is 5.11 Å². The Balaban J connectivity index is 1.96. The summed E-state index contributed by atoms with van der Waals surface area (Å²) in [6.45, 7) is 0.00846. The first kappa shape index (κ1) is 14.6. The molecule has 0 aliphatic heterocycles. The van der Waals surface area contributed by atoms with Crippen LogP contribution in [0.4, 0.5) is 0 Å². The van der Waals surface area contributed by atoms with Gasteiger partial charge in [0, 0.05) is 7.05 Å². The van der Waals surface area contributed by atoms with Crippen LogP contribution in [0.25, 0.3) is 0 Å². The lowest BCUT2D eigenvalue weighted by Crippen LogP contribution is -2.25. The maximum atomic E-state index is 11.9. The number of benzene rings is 1. The van der Waals surface area contributed by atoms with Gasteiger partial charge in [-0.3, -0.25) is 4.68 Å². The van der Waals surface area contributed by atoms with Crippen molar-refractivity contribution in [3.8, 4) is 0 Å². The number of aliphatic hydroxyl groups is 1. The maximum Gasteiger partial charge on any atom is 0.216 e. The molecule has 0 spiro atoms. The Labute approximate surface area is 117 Å². The van der Waals surface area contributed by atoms with E-state index in [2.05, 4.69) is 14.8 Å². The first-order valence-electron chi connectivity index (χ1n) is 5.99. The molecule has 2 aromatic rings. The fourth-order valence-corrected chi connectivity index (χ4v) is 2.73. The molecule has 0 radical (unpaired) electrons. The summed E-state index contributed by atoms with van der Waals surface area (Å²) in [5.41, 5.74) is 1.40. The highest BCUT2D eigenvalue weighted by Gasteiger charge is 2.12. The molecule has 0 saturated heterocycles. The van der Waals surface area contributed by atoms with E-state index in [1.165, 1.54) is 11.0 Å². The van der Waals surface area contributed by atoms with Crippen LogP contribution in [0.1, 0.15) is 17.0 Å². The van der Waals surface area contributed by atoms with Crippen LogP contribution in [0.5, 0.6) is 0 Å². The van der Waals surface area contributed by atoms with E-state index in [1.807, 2.05) is 0 Å². The van der Waals surface area contributed by atoms with Crippen LogP contribution in [0.2, 0.25) is 0 Å². The summed E-state index contributed by atoms with van der Waals surface area (Å²) >= 11 is 0. The second kappa shape index (κ2) is 6.12. The van der Waals surface area contributed by atoms with Crippen molar-refractivity contribution in [2.75, 3.05) is 0 Å². The predicted octanol–water partition coefficient (Wildman–Crippen LogP) is -0.0730. The largest absolute Gasteiger partial charge is 0.392 e. The van der Waals surface area contributed by atoms with Gasteiger partial charge in [-0.1, -0.05) is 24.3 Å². The number of sulfonamides is 1. The van der Waals surface area contributed by atoms with Crippen molar-refractivity contribution < 1.29 is 13.5 Å². The van der Waals surface area contributed by atoms with Crippen molar-refractivity contribution in [1.82, 2.24) is 19.5 Å². The monoisotopic (exact) mass is 296 g/mol. The third-order valence-corrected chi connectivity index (χ3v) is 3.96. The van der Waals surface area contributed by atoms with Crippen LogP contribution >= 0.6 is 0 Å². The lowest BCUT2D eigenvalue weighted by atomic mass is 10.2. The van der Waals surface area contributed by atoms with E-state index in [1.54, 1.807) is 31.3 Å². The average molecular weight is 296 g/mol. The molecular weight excluding hydrogens is 280 g/mol. The zero-order chi connectivity index (χ0) is 14.6. The number of rotatable bonds is 6. The highest BCUT2D eigenvalue weighted by Crippen LogP contribution is 2.08.